The lowest BCUT2D eigenvalue weighted by Crippen LogP contribution is -2.36. The molecule has 2 aromatic rings. The third kappa shape index (κ3) is 5.09. The Bertz CT molecular complexity index is 978. The molecule has 178 valence electrons. The van der Waals surface area contributed by atoms with E-state index in [4.69, 9.17) is 9.47 Å². The minimum absolute atomic E-state index is 0.0530. The number of hydrogen-bond acceptors (Lipinski definition) is 5. The lowest BCUT2D eigenvalue weighted by atomic mass is 9.87. The summed E-state index contributed by atoms with van der Waals surface area (Å²) >= 11 is 1.72. The van der Waals surface area contributed by atoms with Crippen LogP contribution in [0.25, 0.3) is 0 Å². The molecule has 0 amide bonds. The van der Waals surface area contributed by atoms with Gasteiger partial charge in [0.05, 0.1) is 6.10 Å². The van der Waals surface area contributed by atoms with E-state index >= 15 is 0 Å². The molecule has 2 aliphatic heterocycles. The highest BCUT2D eigenvalue weighted by atomic mass is 32.2. The lowest BCUT2D eigenvalue weighted by Gasteiger charge is -2.36. The van der Waals surface area contributed by atoms with Gasteiger partial charge in [0.2, 0.25) is 0 Å². The first-order valence-electron chi connectivity index (χ1n) is 12.3. The van der Waals surface area contributed by atoms with Gasteiger partial charge in [-0.3, -0.25) is 0 Å². The maximum Gasteiger partial charge on any atom is 0.125 e. The monoisotopic (exact) mass is 471 g/mol. The molecular weight excluding hydrogens is 437 g/mol. The minimum Gasteiger partial charge on any atom is -0.490 e. The van der Waals surface area contributed by atoms with Crippen molar-refractivity contribution in [3.63, 3.8) is 0 Å². The first-order chi connectivity index (χ1) is 16.0. The number of aliphatic hydroxyl groups excluding tert-OH is 1. The number of benzene rings is 2. The number of ether oxygens (including phenoxy) is 2. The van der Waals surface area contributed by atoms with E-state index in [0.717, 1.165) is 67.2 Å². The number of nitrogens with zero attached hydrogens (tertiary/aromatic N) is 1. The van der Waals surface area contributed by atoms with Gasteiger partial charge < -0.3 is 14.6 Å². The number of halogens is 1. The zero-order valence-electron chi connectivity index (χ0n) is 19.5. The van der Waals surface area contributed by atoms with Crippen molar-refractivity contribution in [3.8, 4) is 5.75 Å². The molecule has 0 spiro atoms. The fourth-order valence-electron chi connectivity index (χ4n) is 5.46. The molecule has 3 atom stereocenters. The molecule has 2 aromatic carbocycles. The summed E-state index contributed by atoms with van der Waals surface area (Å²) in [4.78, 5) is 1.09. The predicted octanol–water partition coefficient (Wildman–Crippen LogP) is 6.09. The van der Waals surface area contributed by atoms with Crippen molar-refractivity contribution in [2.75, 3.05) is 19.8 Å². The van der Waals surface area contributed by atoms with Crippen LogP contribution in [0.15, 0.2) is 41.3 Å². The Balaban J connectivity index is 1.35. The lowest BCUT2D eigenvalue weighted by molar-refractivity contribution is -0.0151. The van der Waals surface area contributed by atoms with Gasteiger partial charge in [-0.25, -0.2) is 8.70 Å². The van der Waals surface area contributed by atoms with Crippen molar-refractivity contribution in [1.29, 1.82) is 0 Å². The summed E-state index contributed by atoms with van der Waals surface area (Å²) in [5, 5.41) is 11.0. The van der Waals surface area contributed by atoms with Crippen LogP contribution in [0.2, 0.25) is 0 Å². The molecule has 3 aliphatic rings. The van der Waals surface area contributed by atoms with E-state index in [-0.39, 0.29) is 18.0 Å². The van der Waals surface area contributed by atoms with E-state index in [1.807, 2.05) is 12.1 Å². The Morgan fingerprint density at radius 1 is 1.09 bits per heavy atom. The van der Waals surface area contributed by atoms with Crippen molar-refractivity contribution in [1.82, 2.24) is 4.31 Å². The smallest absolute Gasteiger partial charge is 0.125 e. The summed E-state index contributed by atoms with van der Waals surface area (Å²) < 4.78 is 28.3. The fraction of sp³-hybridized carbons (Fsp3) is 0.556. The molecule has 5 rings (SSSR count). The molecule has 0 aromatic heterocycles. The van der Waals surface area contributed by atoms with Crippen molar-refractivity contribution in [3.05, 3.63) is 58.9 Å². The largest absolute Gasteiger partial charge is 0.490 e. The van der Waals surface area contributed by atoms with Gasteiger partial charge in [-0.2, -0.15) is 0 Å². The van der Waals surface area contributed by atoms with Crippen LogP contribution in [-0.2, 0) is 11.2 Å². The summed E-state index contributed by atoms with van der Waals surface area (Å²) in [6.45, 7) is 6.91. The Morgan fingerprint density at radius 3 is 2.70 bits per heavy atom. The van der Waals surface area contributed by atoms with E-state index in [2.05, 4.69) is 30.3 Å². The van der Waals surface area contributed by atoms with Crippen LogP contribution in [0.1, 0.15) is 68.4 Å². The van der Waals surface area contributed by atoms with Gasteiger partial charge in [0, 0.05) is 48.6 Å². The molecule has 6 heteroatoms. The average Bonchev–Trinajstić information content (AvgIpc) is 3.22. The highest BCUT2D eigenvalue weighted by molar-refractivity contribution is 7.97. The number of fused-ring (bicyclic) bond motifs is 2. The standard InChI is InChI=1S/C27H34FNO3S/c1-17(2)16-29(24-7-4-18-3-5-20(28)13-22(18)24)33-21-6-8-26-23(14-21)25(30)15-27(32-26)19-9-11-31-12-10-19/h3,5-6,8,13-14,17,19,24-25,27,30H,4,7,9-12,15-16H2,1-2H3. The van der Waals surface area contributed by atoms with Crippen LogP contribution in [0.4, 0.5) is 4.39 Å². The summed E-state index contributed by atoms with van der Waals surface area (Å²) in [6, 6.07) is 11.6. The first-order valence-corrected chi connectivity index (χ1v) is 13.0. The molecule has 2 heterocycles. The van der Waals surface area contributed by atoms with Gasteiger partial charge in [-0.1, -0.05) is 19.9 Å². The van der Waals surface area contributed by atoms with Crippen molar-refractivity contribution >= 4 is 11.9 Å². The SMILES string of the molecule is CC(C)CN(Sc1ccc2c(c1)C(O)CC(C1CCOCC1)O2)C1CCc2ccc(F)cc21. The van der Waals surface area contributed by atoms with E-state index < -0.39 is 6.10 Å². The van der Waals surface area contributed by atoms with Gasteiger partial charge in [-0.05, 0) is 85.0 Å². The molecule has 1 N–H and O–H groups in total. The van der Waals surface area contributed by atoms with Crippen molar-refractivity contribution < 1.29 is 19.0 Å². The molecule has 0 saturated carbocycles. The highest BCUT2D eigenvalue weighted by Gasteiger charge is 2.34. The highest BCUT2D eigenvalue weighted by Crippen LogP contribution is 2.44. The summed E-state index contributed by atoms with van der Waals surface area (Å²) in [7, 11) is 0. The quantitative estimate of drug-likeness (QED) is 0.517. The molecule has 1 saturated heterocycles. The Hall–Kier alpha value is -1.60. The molecule has 4 nitrogen and oxygen atoms in total. The van der Waals surface area contributed by atoms with E-state index in [9.17, 15) is 9.50 Å². The number of aryl methyl sites for hydroxylation is 1. The van der Waals surface area contributed by atoms with Gasteiger partial charge in [-0.15, -0.1) is 0 Å². The van der Waals surface area contributed by atoms with E-state index in [1.165, 1.54) is 5.56 Å². The van der Waals surface area contributed by atoms with Crippen LogP contribution in [0.3, 0.4) is 0 Å². The zero-order valence-corrected chi connectivity index (χ0v) is 20.3. The summed E-state index contributed by atoms with van der Waals surface area (Å²) in [6.07, 6.45) is 4.15. The Morgan fingerprint density at radius 2 is 1.91 bits per heavy atom. The van der Waals surface area contributed by atoms with E-state index in [0.29, 0.717) is 18.3 Å². The van der Waals surface area contributed by atoms with E-state index in [1.54, 1.807) is 24.1 Å². The van der Waals surface area contributed by atoms with Gasteiger partial charge in [0.15, 0.2) is 0 Å². The second-order valence-corrected chi connectivity index (χ2v) is 11.2. The van der Waals surface area contributed by atoms with Crippen LogP contribution in [0, 0.1) is 17.7 Å². The average molecular weight is 472 g/mol. The molecule has 33 heavy (non-hydrogen) atoms. The molecule has 1 fully saturated rings. The third-order valence-corrected chi connectivity index (χ3v) is 8.24. The van der Waals surface area contributed by atoms with Crippen LogP contribution in [0.5, 0.6) is 5.75 Å². The van der Waals surface area contributed by atoms with Crippen molar-refractivity contribution in [2.45, 2.75) is 69.1 Å². The van der Waals surface area contributed by atoms with Crippen LogP contribution in [-0.4, -0.2) is 35.3 Å². The Kier molecular flexibility index (Phi) is 6.98. The third-order valence-electron chi connectivity index (χ3n) is 7.14. The van der Waals surface area contributed by atoms with Crippen molar-refractivity contribution in [2.24, 2.45) is 11.8 Å². The maximum absolute atomic E-state index is 14.0. The van der Waals surface area contributed by atoms with Gasteiger partial charge in [0.25, 0.3) is 0 Å². The maximum atomic E-state index is 14.0. The summed E-state index contributed by atoms with van der Waals surface area (Å²) in [5.41, 5.74) is 3.25. The molecule has 0 bridgehead atoms. The zero-order chi connectivity index (χ0) is 22.9. The minimum atomic E-state index is -0.512. The van der Waals surface area contributed by atoms with Crippen LogP contribution >= 0.6 is 11.9 Å². The fourth-order valence-corrected chi connectivity index (χ4v) is 6.76. The second kappa shape index (κ2) is 9.95. The van der Waals surface area contributed by atoms with Gasteiger partial charge in [0.1, 0.15) is 17.7 Å². The number of hydrogen-bond donors (Lipinski definition) is 1. The predicted molar refractivity (Wildman–Crippen MR) is 129 cm³/mol. The molecular formula is C27H34FNO3S. The number of rotatable bonds is 6. The first kappa shape index (κ1) is 23.2. The second-order valence-electron chi connectivity index (χ2n) is 10.0. The molecule has 0 radical (unpaired) electrons. The Labute approximate surface area is 200 Å². The van der Waals surface area contributed by atoms with Gasteiger partial charge >= 0.3 is 0 Å². The molecule has 1 aliphatic carbocycles. The normalized spacial score (nSPS) is 25.2. The number of aliphatic hydroxyl groups is 1. The van der Waals surface area contributed by atoms with Crippen LogP contribution < -0.4 is 4.74 Å². The topological polar surface area (TPSA) is 41.9 Å². The summed E-state index contributed by atoms with van der Waals surface area (Å²) in [5.74, 6) is 1.57. The molecule has 3 unspecified atom stereocenters.